The van der Waals surface area contributed by atoms with Crippen molar-refractivity contribution in [3.05, 3.63) is 64.9 Å². The van der Waals surface area contributed by atoms with Crippen molar-refractivity contribution in [2.24, 2.45) is 0 Å². The molecule has 0 saturated heterocycles. The van der Waals surface area contributed by atoms with E-state index in [1.807, 2.05) is 50.3 Å². The molecule has 1 aromatic heterocycles. The predicted octanol–water partition coefficient (Wildman–Crippen LogP) is 3.65. The molecule has 1 amide bonds. The molecule has 0 aliphatic heterocycles. The van der Waals surface area contributed by atoms with E-state index in [0.29, 0.717) is 22.5 Å². The monoisotopic (exact) mass is 321 g/mol. The summed E-state index contributed by atoms with van der Waals surface area (Å²) in [6, 6.07) is 11.2. The molecule has 0 unspecified atom stereocenters. The lowest BCUT2D eigenvalue weighted by molar-refractivity contribution is 0.102. The first kappa shape index (κ1) is 16.0. The van der Waals surface area contributed by atoms with E-state index in [2.05, 4.69) is 15.5 Å². The second-order valence-corrected chi connectivity index (χ2v) is 5.62. The number of aliphatic hydroxyl groups is 1. The van der Waals surface area contributed by atoms with Gasteiger partial charge in [0, 0.05) is 16.6 Å². The van der Waals surface area contributed by atoms with Crippen molar-refractivity contribution >= 4 is 28.6 Å². The van der Waals surface area contributed by atoms with Crippen LogP contribution in [0.1, 0.15) is 34.1 Å². The zero-order chi connectivity index (χ0) is 17.1. The van der Waals surface area contributed by atoms with Gasteiger partial charge in [-0.05, 0) is 49.2 Å². The van der Waals surface area contributed by atoms with E-state index in [0.717, 1.165) is 16.5 Å². The second kappa shape index (κ2) is 6.68. The molecule has 3 rings (SSSR count). The van der Waals surface area contributed by atoms with Gasteiger partial charge < -0.3 is 10.4 Å². The highest BCUT2D eigenvalue weighted by Gasteiger charge is 2.11. The topological polar surface area (TPSA) is 78.0 Å². The van der Waals surface area contributed by atoms with Gasteiger partial charge in [-0.2, -0.15) is 5.10 Å². The number of hydrogen-bond donors (Lipinski definition) is 3. The van der Waals surface area contributed by atoms with E-state index in [9.17, 15) is 9.90 Å². The zero-order valence-corrected chi connectivity index (χ0v) is 13.6. The lowest BCUT2D eigenvalue weighted by atomic mass is 10.0. The van der Waals surface area contributed by atoms with Crippen molar-refractivity contribution < 1.29 is 9.90 Å². The highest BCUT2D eigenvalue weighted by atomic mass is 16.3. The van der Waals surface area contributed by atoms with Crippen molar-refractivity contribution in [2.75, 3.05) is 5.32 Å². The Balaban J connectivity index is 1.84. The van der Waals surface area contributed by atoms with Crippen LogP contribution in [0.4, 0.5) is 5.69 Å². The number of aromatic nitrogens is 2. The molecule has 5 heteroatoms. The first-order valence-electron chi connectivity index (χ1n) is 7.75. The second-order valence-electron chi connectivity index (χ2n) is 5.62. The van der Waals surface area contributed by atoms with Crippen LogP contribution in [0, 0.1) is 6.92 Å². The van der Waals surface area contributed by atoms with Gasteiger partial charge in [-0.3, -0.25) is 9.89 Å². The van der Waals surface area contributed by atoms with Crippen LogP contribution in [0.3, 0.4) is 0 Å². The van der Waals surface area contributed by atoms with Gasteiger partial charge in [-0.25, -0.2) is 0 Å². The maximum Gasteiger partial charge on any atom is 0.255 e. The lowest BCUT2D eigenvalue weighted by Gasteiger charge is -2.08. The number of nitrogens with zero attached hydrogens (tertiary/aromatic N) is 1. The fourth-order valence-corrected chi connectivity index (χ4v) is 2.70. The van der Waals surface area contributed by atoms with Crippen LogP contribution in [0.15, 0.2) is 42.5 Å². The summed E-state index contributed by atoms with van der Waals surface area (Å²) in [7, 11) is 0. The van der Waals surface area contributed by atoms with Gasteiger partial charge in [0.25, 0.3) is 5.91 Å². The molecule has 1 heterocycles. The van der Waals surface area contributed by atoms with E-state index in [4.69, 9.17) is 0 Å². The number of carbonyl (C=O) groups excluding carboxylic acids is 1. The van der Waals surface area contributed by atoms with Crippen LogP contribution in [0.5, 0.6) is 0 Å². The lowest BCUT2D eigenvalue weighted by Crippen LogP contribution is -2.13. The normalized spacial score (nSPS) is 11.3. The molecule has 2 aromatic carbocycles. The van der Waals surface area contributed by atoms with Crippen molar-refractivity contribution in [3.8, 4) is 0 Å². The molecule has 0 bridgehead atoms. The summed E-state index contributed by atoms with van der Waals surface area (Å²) in [5.74, 6) is -0.156. The number of carbonyl (C=O) groups is 1. The molecule has 122 valence electrons. The first-order chi connectivity index (χ1) is 11.6. The van der Waals surface area contributed by atoms with E-state index >= 15 is 0 Å². The Morgan fingerprint density at radius 2 is 2.12 bits per heavy atom. The molecule has 0 saturated carbocycles. The summed E-state index contributed by atoms with van der Waals surface area (Å²) in [6.45, 7) is 3.79. The fraction of sp³-hybridized carbons (Fsp3) is 0.158. The van der Waals surface area contributed by atoms with Crippen LogP contribution in [0.2, 0.25) is 0 Å². The molecule has 0 aliphatic carbocycles. The number of nitrogens with one attached hydrogen (secondary N) is 2. The van der Waals surface area contributed by atoms with E-state index in [1.165, 1.54) is 0 Å². The number of aliphatic hydroxyl groups excluding tert-OH is 1. The Bertz CT molecular complexity index is 926. The number of fused-ring (bicyclic) bond motifs is 1. The highest BCUT2D eigenvalue weighted by Crippen LogP contribution is 2.21. The molecule has 5 nitrogen and oxygen atoms in total. The number of amides is 1. The van der Waals surface area contributed by atoms with Crippen LogP contribution in [-0.2, 0) is 6.61 Å². The molecular weight excluding hydrogens is 302 g/mol. The van der Waals surface area contributed by atoms with E-state index < -0.39 is 0 Å². The third kappa shape index (κ3) is 3.07. The molecule has 0 aliphatic rings. The standard InChI is InChI=1S/C19H19N3O2/c1-3-4-13-5-7-15(12(2)9-13)19(24)20-14-6-8-16-17(10-14)21-22-18(16)11-23/h3-10,23H,11H2,1-2H3,(H,20,24)(H,21,22)/b4-3+. The number of aromatic amines is 1. The largest absolute Gasteiger partial charge is 0.390 e. The zero-order valence-electron chi connectivity index (χ0n) is 13.6. The smallest absolute Gasteiger partial charge is 0.255 e. The van der Waals surface area contributed by atoms with Crippen LogP contribution >= 0.6 is 0 Å². The van der Waals surface area contributed by atoms with Gasteiger partial charge in [0.1, 0.15) is 0 Å². The van der Waals surface area contributed by atoms with Gasteiger partial charge in [0.15, 0.2) is 0 Å². The molecule has 0 fully saturated rings. The maximum absolute atomic E-state index is 12.5. The van der Waals surface area contributed by atoms with Crippen molar-refractivity contribution in [2.45, 2.75) is 20.5 Å². The highest BCUT2D eigenvalue weighted by molar-refractivity contribution is 6.06. The molecule has 0 radical (unpaired) electrons. The predicted molar refractivity (Wildman–Crippen MR) is 95.9 cm³/mol. The number of hydrogen-bond acceptors (Lipinski definition) is 3. The van der Waals surface area contributed by atoms with Gasteiger partial charge >= 0.3 is 0 Å². The average molecular weight is 321 g/mol. The Hall–Kier alpha value is -2.92. The number of allylic oxidation sites excluding steroid dienone is 1. The summed E-state index contributed by atoms with van der Waals surface area (Å²) in [5, 5.41) is 19.9. The van der Waals surface area contributed by atoms with E-state index in [1.54, 1.807) is 12.1 Å². The number of H-pyrrole nitrogens is 1. The Morgan fingerprint density at radius 1 is 1.29 bits per heavy atom. The van der Waals surface area contributed by atoms with Gasteiger partial charge in [-0.1, -0.05) is 24.3 Å². The third-order valence-electron chi connectivity index (χ3n) is 3.90. The van der Waals surface area contributed by atoms with Gasteiger partial charge in [0.05, 0.1) is 17.8 Å². The van der Waals surface area contributed by atoms with Crippen LogP contribution in [-0.4, -0.2) is 21.2 Å². The third-order valence-corrected chi connectivity index (χ3v) is 3.90. The molecule has 3 aromatic rings. The molecule has 24 heavy (non-hydrogen) atoms. The Kier molecular flexibility index (Phi) is 4.44. The Morgan fingerprint density at radius 3 is 2.83 bits per heavy atom. The van der Waals surface area contributed by atoms with Crippen molar-refractivity contribution in [1.82, 2.24) is 10.2 Å². The van der Waals surface area contributed by atoms with Crippen molar-refractivity contribution in [1.29, 1.82) is 0 Å². The quantitative estimate of drug-likeness (QED) is 0.686. The number of rotatable bonds is 4. The van der Waals surface area contributed by atoms with Crippen molar-refractivity contribution in [3.63, 3.8) is 0 Å². The number of anilines is 1. The van der Waals surface area contributed by atoms with E-state index in [-0.39, 0.29) is 12.5 Å². The molecule has 3 N–H and O–H groups in total. The van der Waals surface area contributed by atoms with Crippen LogP contribution < -0.4 is 5.32 Å². The summed E-state index contributed by atoms with van der Waals surface area (Å²) >= 11 is 0. The average Bonchev–Trinajstić information content (AvgIpc) is 2.97. The summed E-state index contributed by atoms with van der Waals surface area (Å²) in [4.78, 5) is 12.5. The SMILES string of the molecule is C/C=C/c1ccc(C(=O)Nc2ccc3c(CO)[nH]nc3c2)c(C)c1. The molecule has 0 atom stereocenters. The maximum atomic E-state index is 12.5. The first-order valence-corrected chi connectivity index (χ1v) is 7.75. The van der Waals surface area contributed by atoms with Crippen LogP contribution in [0.25, 0.3) is 17.0 Å². The summed E-state index contributed by atoms with van der Waals surface area (Å²) < 4.78 is 0. The fourth-order valence-electron chi connectivity index (χ4n) is 2.70. The molecule has 0 spiro atoms. The number of aryl methyl sites for hydroxylation is 1. The minimum absolute atomic E-state index is 0.0973. The summed E-state index contributed by atoms with van der Waals surface area (Å²) in [6.07, 6.45) is 3.97. The summed E-state index contributed by atoms with van der Waals surface area (Å²) in [5.41, 5.74) is 4.67. The minimum Gasteiger partial charge on any atom is -0.390 e. The molecular formula is C19H19N3O2. The number of benzene rings is 2. The minimum atomic E-state index is -0.156. The van der Waals surface area contributed by atoms with Gasteiger partial charge in [-0.15, -0.1) is 0 Å². The van der Waals surface area contributed by atoms with Gasteiger partial charge in [0.2, 0.25) is 0 Å². The Labute approximate surface area is 140 Å².